The zero-order valence-corrected chi connectivity index (χ0v) is 12.8. The summed E-state index contributed by atoms with van der Waals surface area (Å²) in [5.41, 5.74) is 3.56. The van der Waals surface area contributed by atoms with Crippen molar-refractivity contribution < 1.29 is 4.74 Å². The van der Waals surface area contributed by atoms with Crippen LogP contribution in [-0.4, -0.2) is 6.61 Å². The molecule has 0 saturated heterocycles. The summed E-state index contributed by atoms with van der Waals surface area (Å²) in [7, 11) is 0. The van der Waals surface area contributed by atoms with Crippen LogP contribution in [0, 0.1) is 6.92 Å². The van der Waals surface area contributed by atoms with Crippen molar-refractivity contribution in [1.82, 2.24) is 0 Å². The van der Waals surface area contributed by atoms with Gasteiger partial charge in [-0.2, -0.15) is 0 Å². The summed E-state index contributed by atoms with van der Waals surface area (Å²) >= 11 is 3.56. The van der Waals surface area contributed by atoms with Crippen LogP contribution in [0.25, 0.3) is 0 Å². The minimum Gasteiger partial charge on any atom is -0.494 e. The molecule has 2 aromatic rings. The lowest BCUT2D eigenvalue weighted by Crippen LogP contribution is -2.01. The van der Waals surface area contributed by atoms with Gasteiger partial charge in [0.25, 0.3) is 0 Å². The number of benzene rings is 2. The van der Waals surface area contributed by atoms with Gasteiger partial charge in [0.2, 0.25) is 0 Å². The molecule has 0 fully saturated rings. The van der Waals surface area contributed by atoms with Gasteiger partial charge in [0.1, 0.15) is 5.75 Å². The van der Waals surface area contributed by atoms with E-state index in [9.17, 15) is 0 Å². The first kappa shape index (κ1) is 13.9. The van der Waals surface area contributed by atoms with E-state index in [1.807, 2.05) is 19.1 Å². The van der Waals surface area contributed by atoms with Gasteiger partial charge in [-0.3, -0.25) is 0 Å². The molecule has 3 heteroatoms. The smallest absolute Gasteiger partial charge is 0.119 e. The first-order valence-electron chi connectivity index (χ1n) is 6.41. The Labute approximate surface area is 122 Å². The Morgan fingerprint density at radius 3 is 2.79 bits per heavy atom. The lowest BCUT2D eigenvalue weighted by atomic mass is 10.2. The van der Waals surface area contributed by atoms with Gasteiger partial charge in [-0.25, -0.2) is 0 Å². The fraction of sp³-hybridized carbons (Fsp3) is 0.250. The van der Waals surface area contributed by atoms with Crippen LogP contribution in [0.5, 0.6) is 5.75 Å². The van der Waals surface area contributed by atoms with E-state index < -0.39 is 0 Å². The van der Waals surface area contributed by atoms with E-state index in [0.717, 1.165) is 22.5 Å². The molecule has 0 radical (unpaired) electrons. The average molecular weight is 320 g/mol. The topological polar surface area (TPSA) is 21.3 Å². The summed E-state index contributed by atoms with van der Waals surface area (Å²) in [5, 5.41) is 3.44. The van der Waals surface area contributed by atoms with E-state index in [1.54, 1.807) is 0 Å². The molecule has 0 spiro atoms. The number of anilines is 1. The van der Waals surface area contributed by atoms with E-state index in [2.05, 4.69) is 58.5 Å². The predicted octanol–water partition coefficient (Wildman–Crippen LogP) is 4.77. The number of nitrogens with one attached hydrogen (secondary N) is 1. The number of aryl methyl sites for hydroxylation is 1. The summed E-state index contributed by atoms with van der Waals surface area (Å²) in [6.45, 7) is 5.56. The van der Waals surface area contributed by atoms with Crippen LogP contribution in [0.3, 0.4) is 0 Å². The summed E-state index contributed by atoms with van der Waals surface area (Å²) in [6.07, 6.45) is 0. The van der Waals surface area contributed by atoms with Crippen molar-refractivity contribution in [1.29, 1.82) is 0 Å². The van der Waals surface area contributed by atoms with Crippen molar-refractivity contribution in [3.63, 3.8) is 0 Å². The van der Waals surface area contributed by atoms with Gasteiger partial charge < -0.3 is 10.1 Å². The van der Waals surface area contributed by atoms with Gasteiger partial charge in [0.15, 0.2) is 0 Å². The molecular weight excluding hydrogens is 302 g/mol. The maximum absolute atomic E-state index is 5.50. The molecule has 0 heterocycles. The average Bonchev–Trinajstić information content (AvgIpc) is 2.41. The largest absolute Gasteiger partial charge is 0.494 e. The van der Waals surface area contributed by atoms with Crippen LogP contribution in [0.4, 0.5) is 5.69 Å². The third kappa shape index (κ3) is 4.00. The molecule has 2 rings (SSSR count). The van der Waals surface area contributed by atoms with E-state index in [0.29, 0.717) is 6.61 Å². The van der Waals surface area contributed by atoms with E-state index in [1.165, 1.54) is 11.1 Å². The van der Waals surface area contributed by atoms with Crippen LogP contribution in [0.1, 0.15) is 18.1 Å². The highest BCUT2D eigenvalue weighted by Gasteiger charge is 2.01. The highest BCUT2D eigenvalue weighted by Crippen LogP contribution is 2.24. The molecule has 0 atom stereocenters. The van der Waals surface area contributed by atoms with Crippen molar-refractivity contribution in [3.8, 4) is 5.75 Å². The molecule has 0 unspecified atom stereocenters. The molecule has 0 aliphatic rings. The normalized spacial score (nSPS) is 10.3. The van der Waals surface area contributed by atoms with Crippen molar-refractivity contribution in [2.75, 3.05) is 11.9 Å². The number of ether oxygens (including phenoxy) is 1. The Bertz CT molecular complexity index is 554. The highest BCUT2D eigenvalue weighted by molar-refractivity contribution is 9.10. The van der Waals surface area contributed by atoms with Crippen molar-refractivity contribution in [2.24, 2.45) is 0 Å². The molecule has 2 nitrogen and oxygen atoms in total. The number of rotatable bonds is 5. The molecule has 100 valence electrons. The summed E-state index contributed by atoms with van der Waals surface area (Å²) < 4.78 is 6.59. The van der Waals surface area contributed by atoms with Crippen LogP contribution in [0.15, 0.2) is 46.9 Å². The summed E-state index contributed by atoms with van der Waals surface area (Å²) in [6, 6.07) is 14.5. The predicted molar refractivity (Wildman–Crippen MR) is 83.8 cm³/mol. The van der Waals surface area contributed by atoms with E-state index in [4.69, 9.17) is 4.74 Å². The fourth-order valence-corrected chi connectivity index (χ4v) is 2.27. The van der Waals surface area contributed by atoms with Gasteiger partial charge >= 0.3 is 0 Å². The Morgan fingerprint density at radius 2 is 2.00 bits per heavy atom. The third-order valence-corrected chi connectivity index (χ3v) is 3.51. The van der Waals surface area contributed by atoms with E-state index in [-0.39, 0.29) is 0 Å². The second kappa shape index (κ2) is 6.62. The van der Waals surface area contributed by atoms with E-state index >= 15 is 0 Å². The van der Waals surface area contributed by atoms with Crippen molar-refractivity contribution in [2.45, 2.75) is 20.4 Å². The van der Waals surface area contributed by atoms with Crippen molar-refractivity contribution in [3.05, 3.63) is 58.1 Å². The standard InChI is InChI=1S/C16H18BrNO/c1-3-19-14-6-4-5-13(10-14)11-18-16-9-12(2)7-8-15(16)17/h4-10,18H,3,11H2,1-2H3. The second-order valence-corrected chi connectivity index (χ2v) is 5.27. The molecule has 2 aromatic carbocycles. The first-order valence-corrected chi connectivity index (χ1v) is 7.20. The summed E-state index contributed by atoms with van der Waals surface area (Å²) in [5.74, 6) is 0.921. The zero-order valence-electron chi connectivity index (χ0n) is 11.2. The van der Waals surface area contributed by atoms with Crippen molar-refractivity contribution >= 4 is 21.6 Å². The third-order valence-electron chi connectivity index (χ3n) is 2.81. The fourth-order valence-electron chi connectivity index (χ4n) is 1.88. The van der Waals surface area contributed by atoms with Crippen LogP contribution in [-0.2, 0) is 6.54 Å². The Hall–Kier alpha value is -1.48. The maximum atomic E-state index is 5.50. The minimum absolute atomic E-state index is 0.695. The first-order chi connectivity index (χ1) is 9.19. The lowest BCUT2D eigenvalue weighted by molar-refractivity contribution is 0.340. The van der Waals surface area contributed by atoms with Gasteiger partial charge in [0, 0.05) is 16.7 Å². The Balaban J connectivity index is 2.05. The SMILES string of the molecule is CCOc1cccc(CNc2cc(C)ccc2Br)c1. The lowest BCUT2D eigenvalue weighted by Gasteiger charge is -2.11. The van der Waals surface area contributed by atoms with Crippen LogP contribution in [0.2, 0.25) is 0 Å². The zero-order chi connectivity index (χ0) is 13.7. The van der Waals surface area contributed by atoms with Gasteiger partial charge in [0.05, 0.1) is 6.61 Å². The second-order valence-electron chi connectivity index (χ2n) is 4.42. The van der Waals surface area contributed by atoms with Gasteiger partial charge in [-0.05, 0) is 65.2 Å². The molecule has 0 amide bonds. The number of halogens is 1. The Kier molecular flexibility index (Phi) is 4.86. The van der Waals surface area contributed by atoms with Crippen LogP contribution < -0.4 is 10.1 Å². The summed E-state index contributed by atoms with van der Waals surface area (Å²) in [4.78, 5) is 0. The maximum Gasteiger partial charge on any atom is 0.119 e. The minimum atomic E-state index is 0.695. The molecule has 1 N–H and O–H groups in total. The molecule has 19 heavy (non-hydrogen) atoms. The molecule has 0 bridgehead atoms. The molecule has 0 aliphatic carbocycles. The van der Waals surface area contributed by atoms with Gasteiger partial charge in [-0.1, -0.05) is 18.2 Å². The number of hydrogen-bond donors (Lipinski definition) is 1. The highest BCUT2D eigenvalue weighted by atomic mass is 79.9. The van der Waals surface area contributed by atoms with Gasteiger partial charge in [-0.15, -0.1) is 0 Å². The number of hydrogen-bond acceptors (Lipinski definition) is 2. The molecule has 0 aromatic heterocycles. The Morgan fingerprint density at radius 1 is 1.16 bits per heavy atom. The quantitative estimate of drug-likeness (QED) is 0.857. The molecule has 0 aliphatic heterocycles. The monoisotopic (exact) mass is 319 g/mol. The van der Waals surface area contributed by atoms with Crippen LogP contribution >= 0.6 is 15.9 Å². The molecular formula is C16H18BrNO. The molecule has 0 saturated carbocycles.